The quantitative estimate of drug-likeness (QED) is 0.224. The highest BCUT2D eigenvalue weighted by Crippen LogP contribution is 2.19. The van der Waals surface area contributed by atoms with Crippen LogP contribution in [0.2, 0.25) is 0 Å². The molecule has 140 valence electrons. The van der Waals surface area contributed by atoms with Crippen molar-refractivity contribution in [1.29, 1.82) is 0 Å². The van der Waals surface area contributed by atoms with Crippen LogP contribution in [0.1, 0.15) is 4.88 Å². The molecule has 0 saturated carbocycles. The first-order chi connectivity index (χ1) is 11.5. The van der Waals surface area contributed by atoms with Crippen LogP contribution in [0.25, 0.3) is 0 Å². The molecule has 0 saturated heterocycles. The lowest BCUT2D eigenvalue weighted by Crippen LogP contribution is -2.42. The van der Waals surface area contributed by atoms with E-state index in [2.05, 4.69) is 24.9 Å². The van der Waals surface area contributed by atoms with Gasteiger partial charge >= 0.3 is 0 Å². The molecule has 0 fully saturated rings. The van der Waals surface area contributed by atoms with Gasteiger partial charge < -0.3 is 15.2 Å². The van der Waals surface area contributed by atoms with Crippen molar-refractivity contribution in [3.63, 3.8) is 0 Å². The number of aryl methyl sites for hydroxylation is 1. The molecule has 2 aromatic rings. The number of rotatable bonds is 8. The van der Waals surface area contributed by atoms with Crippen molar-refractivity contribution in [2.45, 2.75) is 17.7 Å². The largest absolute Gasteiger partial charge is 0.355 e. The molecule has 7 nitrogen and oxygen atoms in total. The number of aromatic nitrogens is 1. The zero-order valence-electron chi connectivity index (χ0n) is 14.2. The third-order valence-corrected chi connectivity index (χ3v) is 6.20. The molecule has 0 radical (unpaired) electrons. The average molecular weight is 497 g/mol. The number of hydrogen-bond acceptors (Lipinski definition) is 4. The van der Waals surface area contributed by atoms with Crippen LogP contribution >= 0.6 is 35.3 Å². The van der Waals surface area contributed by atoms with Crippen molar-refractivity contribution < 1.29 is 8.42 Å². The molecule has 0 aliphatic rings. The first-order valence-corrected chi connectivity index (χ1v) is 9.92. The molecule has 2 aromatic heterocycles. The number of aliphatic imine (C=N–C) groups is 1. The van der Waals surface area contributed by atoms with E-state index in [-0.39, 0.29) is 30.5 Å². The first-order valence-electron chi connectivity index (χ1n) is 7.62. The molecule has 3 N–H and O–H groups in total. The smallest absolute Gasteiger partial charge is 0.250 e. The number of guanidine groups is 1. The third-order valence-electron chi connectivity index (χ3n) is 3.24. The summed E-state index contributed by atoms with van der Waals surface area (Å²) in [4.78, 5) is 5.09. The second kappa shape index (κ2) is 10.8. The maximum atomic E-state index is 12.1. The molecular weight excluding hydrogens is 473 g/mol. The minimum absolute atomic E-state index is 0. The fourth-order valence-corrected chi connectivity index (χ4v) is 4.40. The standard InChI is InChI=1S/C15H23N5O2S2.HI/c1-13-5-6-14(23-13)24(21,22)19-8-7-17-15(16-2)18-9-12-20-10-3-4-11-20;/h3-6,10-11,19H,7-9,12H2,1-2H3,(H2,16,17,18);1H. The number of thiophene rings is 1. The van der Waals surface area contributed by atoms with E-state index in [0.29, 0.717) is 16.7 Å². The minimum atomic E-state index is -3.43. The number of nitrogens with one attached hydrogen (secondary N) is 3. The molecule has 0 atom stereocenters. The molecule has 2 rings (SSSR count). The molecule has 0 aliphatic heterocycles. The van der Waals surface area contributed by atoms with E-state index in [9.17, 15) is 8.42 Å². The molecule has 2 heterocycles. The van der Waals surface area contributed by atoms with Gasteiger partial charge in [-0.15, -0.1) is 35.3 Å². The van der Waals surface area contributed by atoms with E-state index in [4.69, 9.17) is 0 Å². The Kier molecular flexibility index (Phi) is 9.46. The van der Waals surface area contributed by atoms with Gasteiger partial charge in [-0.25, -0.2) is 13.1 Å². The Morgan fingerprint density at radius 1 is 1.16 bits per heavy atom. The summed E-state index contributed by atoms with van der Waals surface area (Å²) in [5.74, 6) is 0.647. The highest BCUT2D eigenvalue weighted by atomic mass is 127. The normalized spacial score (nSPS) is 11.8. The summed E-state index contributed by atoms with van der Waals surface area (Å²) in [6, 6.07) is 7.38. The van der Waals surface area contributed by atoms with Crippen LogP contribution in [-0.4, -0.2) is 45.6 Å². The van der Waals surface area contributed by atoms with Crippen molar-refractivity contribution in [2.24, 2.45) is 4.99 Å². The zero-order valence-corrected chi connectivity index (χ0v) is 18.2. The first kappa shape index (κ1) is 21.9. The maximum absolute atomic E-state index is 12.1. The number of halogens is 1. The lowest BCUT2D eigenvalue weighted by molar-refractivity contribution is 0.582. The molecule has 0 bridgehead atoms. The Balaban J connectivity index is 0.00000312. The van der Waals surface area contributed by atoms with E-state index in [1.165, 1.54) is 11.3 Å². The molecule has 0 amide bonds. The molecule has 0 spiro atoms. The van der Waals surface area contributed by atoms with E-state index in [0.717, 1.165) is 18.0 Å². The summed E-state index contributed by atoms with van der Waals surface area (Å²) >= 11 is 1.26. The zero-order chi connectivity index (χ0) is 17.4. The summed E-state index contributed by atoms with van der Waals surface area (Å²) in [6.45, 7) is 4.19. The topological polar surface area (TPSA) is 87.5 Å². The van der Waals surface area contributed by atoms with Gasteiger partial charge in [-0.3, -0.25) is 4.99 Å². The predicted octanol–water partition coefficient (Wildman–Crippen LogP) is 1.62. The van der Waals surface area contributed by atoms with E-state index in [1.807, 2.05) is 31.5 Å². The molecule has 10 heteroatoms. The Morgan fingerprint density at radius 2 is 1.84 bits per heavy atom. The lowest BCUT2D eigenvalue weighted by atomic mass is 10.5. The van der Waals surface area contributed by atoms with Gasteiger partial charge in [0, 0.05) is 50.5 Å². The molecule has 0 aliphatic carbocycles. The van der Waals surface area contributed by atoms with Crippen LogP contribution in [0, 0.1) is 6.92 Å². The van der Waals surface area contributed by atoms with E-state index in [1.54, 1.807) is 19.2 Å². The summed E-state index contributed by atoms with van der Waals surface area (Å²) in [7, 11) is -1.74. The maximum Gasteiger partial charge on any atom is 0.250 e. The summed E-state index contributed by atoms with van der Waals surface area (Å²) in [6.07, 6.45) is 4.00. The number of hydrogen-bond donors (Lipinski definition) is 3. The number of sulfonamides is 1. The Hall–Kier alpha value is -1.11. The predicted molar refractivity (Wildman–Crippen MR) is 113 cm³/mol. The second-order valence-corrected chi connectivity index (χ2v) is 8.39. The van der Waals surface area contributed by atoms with Crippen LogP contribution in [0.5, 0.6) is 0 Å². The monoisotopic (exact) mass is 497 g/mol. The third kappa shape index (κ3) is 7.34. The average Bonchev–Trinajstić information content (AvgIpc) is 3.21. The van der Waals surface area contributed by atoms with Gasteiger partial charge in [0.2, 0.25) is 10.0 Å². The summed E-state index contributed by atoms with van der Waals surface area (Å²) in [5, 5.41) is 6.27. The van der Waals surface area contributed by atoms with Crippen molar-refractivity contribution in [1.82, 2.24) is 19.9 Å². The molecule has 0 unspecified atom stereocenters. The Bertz CT molecular complexity index is 757. The summed E-state index contributed by atoms with van der Waals surface area (Å²) in [5.41, 5.74) is 0. The van der Waals surface area contributed by atoms with Gasteiger partial charge in [0.25, 0.3) is 0 Å². The fraction of sp³-hybridized carbons (Fsp3) is 0.400. The lowest BCUT2D eigenvalue weighted by Gasteiger charge is -2.12. The van der Waals surface area contributed by atoms with E-state index < -0.39 is 10.0 Å². The second-order valence-electron chi connectivity index (χ2n) is 5.11. The molecule has 25 heavy (non-hydrogen) atoms. The Labute approximate surface area is 170 Å². The van der Waals surface area contributed by atoms with Gasteiger partial charge in [-0.2, -0.15) is 0 Å². The van der Waals surface area contributed by atoms with Crippen LogP contribution in [0.3, 0.4) is 0 Å². The van der Waals surface area contributed by atoms with Crippen LogP contribution < -0.4 is 15.4 Å². The van der Waals surface area contributed by atoms with Crippen molar-refractivity contribution in [3.8, 4) is 0 Å². The van der Waals surface area contributed by atoms with Gasteiger partial charge in [-0.05, 0) is 31.2 Å². The Morgan fingerprint density at radius 3 is 2.44 bits per heavy atom. The van der Waals surface area contributed by atoms with Gasteiger partial charge in [0.15, 0.2) is 5.96 Å². The van der Waals surface area contributed by atoms with Crippen LogP contribution in [0.15, 0.2) is 45.9 Å². The molecule has 0 aromatic carbocycles. The fourth-order valence-electron chi connectivity index (χ4n) is 2.04. The van der Waals surface area contributed by atoms with Gasteiger partial charge in [0.1, 0.15) is 4.21 Å². The SMILES string of the molecule is CN=C(NCCNS(=O)(=O)c1ccc(C)s1)NCCn1cccc1.I. The number of nitrogens with zero attached hydrogens (tertiary/aromatic N) is 2. The van der Waals surface area contributed by atoms with E-state index >= 15 is 0 Å². The van der Waals surface area contributed by atoms with Gasteiger partial charge in [0.05, 0.1) is 0 Å². The van der Waals surface area contributed by atoms with Crippen molar-refractivity contribution >= 4 is 51.3 Å². The van der Waals surface area contributed by atoms with Crippen LogP contribution in [-0.2, 0) is 16.6 Å². The minimum Gasteiger partial charge on any atom is -0.355 e. The summed E-state index contributed by atoms with van der Waals surface area (Å²) < 4.78 is 29.2. The van der Waals surface area contributed by atoms with Crippen molar-refractivity contribution in [2.75, 3.05) is 26.7 Å². The van der Waals surface area contributed by atoms with Gasteiger partial charge in [-0.1, -0.05) is 0 Å². The molecular formula is C15H24IN5O2S2. The van der Waals surface area contributed by atoms with Crippen molar-refractivity contribution in [3.05, 3.63) is 41.5 Å². The highest BCUT2D eigenvalue weighted by Gasteiger charge is 2.15. The highest BCUT2D eigenvalue weighted by molar-refractivity contribution is 14.0. The van der Waals surface area contributed by atoms with Crippen LogP contribution in [0.4, 0.5) is 0 Å².